The van der Waals surface area contributed by atoms with Crippen molar-refractivity contribution in [3.05, 3.63) is 52.3 Å². The Morgan fingerprint density at radius 2 is 2.12 bits per heavy atom. The van der Waals surface area contributed by atoms with Gasteiger partial charge in [0.25, 0.3) is 0 Å². The monoisotopic (exact) mass is 291 g/mol. The molecule has 1 heterocycles. The van der Waals surface area contributed by atoms with Crippen LogP contribution in [0.5, 0.6) is 0 Å². The molecule has 3 nitrogen and oxygen atoms in total. The van der Waals surface area contributed by atoms with Gasteiger partial charge in [0.05, 0.1) is 12.2 Å². The Bertz CT molecular complexity index is 526. The van der Waals surface area contributed by atoms with Crippen molar-refractivity contribution < 1.29 is 0 Å². The molecule has 0 saturated heterocycles. The van der Waals surface area contributed by atoms with E-state index < -0.39 is 0 Å². The zero-order valence-electron chi connectivity index (χ0n) is 9.57. The van der Waals surface area contributed by atoms with Gasteiger partial charge in [-0.1, -0.05) is 6.07 Å². The van der Waals surface area contributed by atoms with Gasteiger partial charge in [0.2, 0.25) is 0 Å². The van der Waals surface area contributed by atoms with Crippen LogP contribution in [-0.4, -0.2) is 4.98 Å². The number of nitrogens with zero attached hydrogens (tertiary/aromatic N) is 1. The summed E-state index contributed by atoms with van der Waals surface area (Å²) in [5, 5.41) is 3.32. The molecule has 0 spiro atoms. The predicted molar refractivity (Wildman–Crippen MR) is 74.9 cm³/mol. The Kier molecular flexibility index (Phi) is 3.64. The van der Waals surface area contributed by atoms with E-state index in [1.807, 2.05) is 43.3 Å². The summed E-state index contributed by atoms with van der Waals surface area (Å²) in [6, 6.07) is 11.7. The maximum atomic E-state index is 5.68. The van der Waals surface area contributed by atoms with Gasteiger partial charge in [-0.15, -0.1) is 0 Å². The van der Waals surface area contributed by atoms with Crippen molar-refractivity contribution in [1.29, 1.82) is 0 Å². The molecular formula is C13H14BrN3. The first-order valence-electron chi connectivity index (χ1n) is 5.36. The van der Waals surface area contributed by atoms with Gasteiger partial charge in [-0.2, -0.15) is 0 Å². The zero-order valence-corrected chi connectivity index (χ0v) is 11.2. The van der Waals surface area contributed by atoms with E-state index >= 15 is 0 Å². The molecule has 1 aromatic heterocycles. The minimum Gasteiger partial charge on any atom is -0.399 e. The van der Waals surface area contributed by atoms with Crippen LogP contribution in [0.15, 0.2) is 40.9 Å². The SMILES string of the molecule is Cc1cccc(CNc2ccc(N)cc2Br)n1. The van der Waals surface area contributed by atoms with Gasteiger partial charge in [0.1, 0.15) is 0 Å². The second kappa shape index (κ2) is 5.19. The fourth-order valence-corrected chi connectivity index (χ4v) is 2.10. The summed E-state index contributed by atoms with van der Waals surface area (Å²) in [6.45, 7) is 2.69. The van der Waals surface area contributed by atoms with Crippen molar-refractivity contribution in [2.45, 2.75) is 13.5 Å². The van der Waals surface area contributed by atoms with Crippen LogP contribution in [0.4, 0.5) is 11.4 Å². The predicted octanol–water partition coefficient (Wildman–Crippen LogP) is 3.35. The summed E-state index contributed by atoms with van der Waals surface area (Å²) >= 11 is 3.47. The van der Waals surface area contributed by atoms with Gasteiger partial charge < -0.3 is 11.1 Å². The Labute approximate surface area is 109 Å². The molecule has 0 saturated carbocycles. The van der Waals surface area contributed by atoms with E-state index in [9.17, 15) is 0 Å². The van der Waals surface area contributed by atoms with Crippen molar-refractivity contribution >= 4 is 27.3 Å². The van der Waals surface area contributed by atoms with E-state index in [1.54, 1.807) is 0 Å². The highest BCUT2D eigenvalue weighted by Gasteiger charge is 2.00. The van der Waals surface area contributed by atoms with Gasteiger partial charge in [-0.25, -0.2) is 0 Å². The summed E-state index contributed by atoms with van der Waals surface area (Å²) in [5.74, 6) is 0. The van der Waals surface area contributed by atoms with Crippen LogP contribution in [0.1, 0.15) is 11.4 Å². The number of anilines is 2. The third kappa shape index (κ3) is 3.20. The second-order valence-electron chi connectivity index (χ2n) is 3.86. The van der Waals surface area contributed by atoms with E-state index in [-0.39, 0.29) is 0 Å². The minimum absolute atomic E-state index is 0.699. The van der Waals surface area contributed by atoms with Crippen molar-refractivity contribution in [2.75, 3.05) is 11.1 Å². The van der Waals surface area contributed by atoms with Crippen LogP contribution in [0, 0.1) is 6.92 Å². The summed E-state index contributed by atoms with van der Waals surface area (Å²) < 4.78 is 0.963. The molecule has 0 fully saturated rings. The highest BCUT2D eigenvalue weighted by atomic mass is 79.9. The highest BCUT2D eigenvalue weighted by Crippen LogP contribution is 2.24. The Hall–Kier alpha value is -1.55. The standard InChI is InChI=1S/C13H14BrN3/c1-9-3-2-4-11(17-9)8-16-13-6-5-10(15)7-12(13)14/h2-7,16H,8,15H2,1H3. The van der Waals surface area contributed by atoms with Gasteiger partial charge >= 0.3 is 0 Å². The van der Waals surface area contributed by atoms with Crippen molar-refractivity contribution in [2.24, 2.45) is 0 Å². The number of pyridine rings is 1. The van der Waals surface area contributed by atoms with Gasteiger partial charge in [-0.3, -0.25) is 4.98 Å². The lowest BCUT2D eigenvalue weighted by Gasteiger charge is -2.09. The van der Waals surface area contributed by atoms with E-state index in [0.29, 0.717) is 6.54 Å². The fraction of sp³-hybridized carbons (Fsp3) is 0.154. The molecule has 0 aliphatic heterocycles. The van der Waals surface area contributed by atoms with Crippen molar-refractivity contribution in [3.63, 3.8) is 0 Å². The number of aromatic nitrogens is 1. The number of rotatable bonds is 3. The summed E-state index contributed by atoms with van der Waals surface area (Å²) in [7, 11) is 0. The molecule has 1 aromatic carbocycles. The minimum atomic E-state index is 0.699. The van der Waals surface area contributed by atoms with Crippen molar-refractivity contribution in [1.82, 2.24) is 4.98 Å². The quantitative estimate of drug-likeness (QED) is 0.853. The third-order valence-corrected chi connectivity index (χ3v) is 3.06. The number of halogens is 1. The normalized spacial score (nSPS) is 10.2. The van der Waals surface area contributed by atoms with Crippen LogP contribution in [-0.2, 0) is 6.54 Å². The van der Waals surface area contributed by atoms with Gasteiger partial charge in [0.15, 0.2) is 0 Å². The lowest BCUT2D eigenvalue weighted by Crippen LogP contribution is -2.03. The first-order valence-corrected chi connectivity index (χ1v) is 6.16. The molecule has 0 amide bonds. The number of nitrogens with two attached hydrogens (primary N) is 1. The lowest BCUT2D eigenvalue weighted by atomic mass is 10.2. The van der Waals surface area contributed by atoms with Gasteiger partial charge in [-0.05, 0) is 53.2 Å². The molecule has 17 heavy (non-hydrogen) atoms. The summed E-state index contributed by atoms with van der Waals surface area (Å²) in [6.07, 6.45) is 0. The molecule has 0 atom stereocenters. The van der Waals surface area contributed by atoms with Crippen LogP contribution in [0.2, 0.25) is 0 Å². The first-order chi connectivity index (χ1) is 8.15. The van der Waals surface area contributed by atoms with E-state index in [2.05, 4.69) is 26.2 Å². The zero-order chi connectivity index (χ0) is 12.3. The smallest absolute Gasteiger partial charge is 0.0597 e. The third-order valence-electron chi connectivity index (χ3n) is 2.40. The van der Waals surface area contributed by atoms with Gasteiger partial charge in [0, 0.05) is 21.5 Å². The number of benzene rings is 1. The lowest BCUT2D eigenvalue weighted by molar-refractivity contribution is 1.01. The molecule has 0 aliphatic rings. The number of aryl methyl sites for hydroxylation is 1. The second-order valence-corrected chi connectivity index (χ2v) is 4.72. The maximum absolute atomic E-state index is 5.68. The largest absolute Gasteiger partial charge is 0.399 e. The fourth-order valence-electron chi connectivity index (χ4n) is 1.56. The molecule has 2 rings (SSSR count). The van der Waals surface area contributed by atoms with Crippen LogP contribution in [0.3, 0.4) is 0 Å². The maximum Gasteiger partial charge on any atom is 0.0597 e. The van der Waals surface area contributed by atoms with E-state index in [4.69, 9.17) is 5.73 Å². The molecule has 0 aliphatic carbocycles. The number of nitrogens with one attached hydrogen (secondary N) is 1. The number of hydrogen-bond donors (Lipinski definition) is 2. The number of nitrogen functional groups attached to an aromatic ring is 1. The molecule has 2 aromatic rings. The average Bonchev–Trinajstić information content (AvgIpc) is 2.28. The van der Waals surface area contributed by atoms with Crippen LogP contribution in [0.25, 0.3) is 0 Å². The summed E-state index contributed by atoms with van der Waals surface area (Å²) in [5.41, 5.74) is 9.50. The molecule has 0 unspecified atom stereocenters. The molecular weight excluding hydrogens is 278 g/mol. The molecule has 0 radical (unpaired) electrons. The Balaban J connectivity index is 2.07. The molecule has 4 heteroatoms. The van der Waals surface area contributed by atoms with Crippen LogP contribution < -0.4 is 11.1 Å². The van der Waals surface area contributed by atoms with E-state index in [0.717, 1.165) is 27.2 Å². The highest BCUT2D eigenvalue weighted by molar-refractivity contribution is 9.10. The van der Waals surface area contributed by atoms with Crippen molar-refractivity contribution in [3.8, 4) is 0 Å². The molecule has 3 N–H and O–H groups in total. The first kappa shape index (κ1) is 11.9. The Morgan fingerprint density at radius 3 is 2.82 bits per heavy atom. The van der Waals surface area contributed by atoms with Crippen LogP contribution >= 0.6 is 15.9 Å². The Morgan fingerprint density at radius 1 is 1.29 bits per heavy atom. The molecule has 0 bridgehead atoms. The summed E-state index contributed by atoms with van der Waals surface area (Å²) in [4.78, 5) is 4.43. The topological polar surface area (TPSA) is 50.9 Å². The average molecular weight is 292 g/mol. The number of hydrogen-bond acceptors (Lipinski definition) is 3. The van der Waals surface area contributed by atoms with E-state index in [1.165, 1.54) is 0 Å². The molecule has 88 valence electrons.